The molecule has 1 fully saturated rings. The molecular weight excluding hydrogens is 211 g/mol. The zero-order valence-electron chi connectivity index (χ0n) is 9.27. The molecule has 15 heavy (non-hydrogen) atoms. The second-order valence-corrected chi connectivity index (χ2v) is 6.34. The fraction of sp³-hybridized carbons (Fsp3) is 0.909. The molecule has 1 atom stereocenters. The maximum absolute atomic E-state index is 11.0. The normalized spacial score (nSPS) is 21.5. The summed E-state index contributed by atoms with van der Waals surface area (Å²) >= 11 is 0. The molecule has 1 rings (SSSR count). The third kappa shape index (κ3) is 5.14. The molecule has 0 aromatic heterocycles. The summed E-state index contributed by atoms with van der Waals surface area (Å²) in [6.07, 6.45) is 7.71. The Kier molecular flexibility index (Phi) is 5.31. The Balaban J connectivity index is 2.51. The highest BCUT2D eigenvalue weighted by atomic mass is 31.2. The first-order chi connectivity index (χ1) is 7.03. The summed E-state index contributed by atoms with van der Waals surface area (Å²) in [5.41, 5.74) is 0. The van der Waals surface area contributed by atoms with Crippen LogP contribution in [0.25, 0.3) is 0 Å². The van der Waals surface area contributed by atoms with Crippen molar-refractivity contribution in [1.82, 2.24) is 0 Å². The zero-order valence-corrected chi connectivity index (χ0v) is 10.2. The van der Waals surface area contributed by atoms with Crippen molar-refractivity contribution in [3.63, 3.8) is 0 Å². The highest BCUT2D eigenvalue weighted by molar-refractivity contribution is 7.51. The van der Waals surface area contributed by atoms with E-state index in [9.17, 15) is 4.57 Å². The molecule has 0 saturated heterocycles. The number of rotatable bonds is 5. The van der Waals surface area contributed by atoms with Crippen LogP contribution in [0.1, 0.15) is 44.9 Å². The van der Waals surface area contributed by atoms with Gasteiger partial charge in [-0.1, -0.05) is 45.4 Å². The van der Waals surface area contributed by atoms with Gasteiger partial charge in [-0.25, -0.2) is 0 Å². The smallest absolute Gasteiger partial charge is 0.324 e. The molecular formula is C11H22O3P. The van der Waals surface area contributed by atoms with Gasteiger partial charge >= 0.3 is 7.60 Å². The van der Waals surface area contributed by atoms with Gasteiger partial charge in [0.1, 0.15) is 0 Å². The number of hydrogen-bond acceptors (Lipinski definition) is 1. The lowest BCUT2D eigenvalue weighted by Gasteiger charge is -2.30. The molecule has 1 aliphatic carbocycles. The van der Waals surface area contributed by atoms with Gasteiger partial charge in [-0.3, -0.25) is 4.57 Å². The van der Waals surface area contributed by atoms with Crippen LogP contribution in [0.3, 0.4) is 0 Å². The van der Waals surface area contributed by atoms with E-state index >= 15 is 0 Å². The fourth-order valence-corrected chi connectivity index (χ4v) is 3.74. The largest absolute Gasteiger partial charge is 0.325 e. The summed E-state index contributed by atoms with van der Waals surface area (Å²) in [4.78, 5) is 18.1. The van der Waals surface area contributed by atoms with E-state index < -0.39 is 7.60 Å². The predicted molar refractivity (Wildman–Crippen MR) is 61.6 cm³/mol. The van der Waals surface area contributed by atoms with Crippen LogP contribution in [0.4, 0.5) is 0 Å². The van der Waals surface area contributed by atoms with E-state index in [0.29, 0.717) is 5.92 Å². The van der Waals surface area contributed by atoms with Gasteiger partial charge < -0.3 is 9.79 Å². The van der Waals surface area contributed by atoms with Crippen LogP contribution in [-0.2, 0) is 4.57 Å². The second-order valence-electron chi connectivity index (χ2n) is 4.65. The minimum absolute atomic E-state index is 0.0627. The first kappa shape index (κ1) is 13.2. The maximum atomic E-state index is 11.0. The average Bonchev–Trinajstić information content (AvgIpc) is 2.17. The van der Waals surface area contributed by atoms with Gasteiger partial charge in [0.2, 0.25) is 0 Å². The van der Waals surface area contributed by atoms with Gasteiger partial charge in [-0.05, 0) is 18.3 Å². The summed E-state index contributed by atoms with van der Waals surface area (Å²) in [5, 5.41) is 0. The van der Waals surface area contributed by atoms with E-state index in [2.05, 4.69) is 6.92 Å². The van der Waals surface area contributed by atoms with E-state index in [1.165, 1.54) is 19.3 Å². The van der Waals surface area contributed by atoms with E-state index in [4.69, 9.17) is 9.79 Å². The fourth-order valence-electron chi connectivity index (χ4n) is 2.65. The topological polar surface area (TPSA) is 57.5 Å². The van der Waals surface area contributed by atoms with E-state index in [0.717, 1.165) is 25.7 Å². The molecule has 3 nitrogen and oxygen atoms in total. The highest BCUT2D eigenvalue weighted by Gasteiger charge is 2.28. The molecule has 0 aromatic carbocycles. The maximum Gasteiger partial charge on any atom is 0.325 e. The summed E-state index contributed by atoms with van der Waals surface area (Å²) < 4.78 is 11.0. The van der Waals surface area contributed by atoms with Crippen LogP contribution in [0.2, 0.25) is 0 Å². The summed E-state index contributed by atoms with van der Waals surface area (Å²) in [6.45, 7) is 3.80. The monoisotopic (exact) mass is 233 g/mol. The minimum atomic E-state index is -3.85. The van der Waals surface area contributed by atoms with Crippen molar-refractivity contribution in [2.45, 2.75) is 44.9 Å². The van der Waals surface area contributed by atoms with Crippen molar-refractivity contribution < 1.29 is 14.4 Å². The predicted octanol–water partition coefficient (Wildman–Crippen LogP) is 2.97. The van der Waals surface area contributed by atoms with Crippen molar-refractivity contribution in [3.05, 3.63) is 6.92 Å². The zero-order chi connectivity index (χ0) is 11.3. The van der Waals surface area contributed by atoms with Gasteiger partial charge in [0.25, 0.3) is 0 Å². The lowest BCUT2D eigenvalue weighted by molar-refractivity contribution is 0.243. The standard InChI is InChI=1S/C11H22O3P/c1-2-6-11(9-15(12,13)14)10-7-4-3-5-8-10/h10-11H,1-9H2,(H2,12,13,14). The third-order valence-corrected chi connectivity index (χ3v) is 4.31. The molecule has 0 heterocycles. The molecule has 1 saturated carbocycles. The summed E-state index contributed by atoms with van der Waals surface area (Å²) in [7, 11) is -3.85. The molecule has 4 heteroatoms. The minimum Gasteiger partial charge on any atom is -0.324 e. The van der Waals surface area contributed by atoms with Crippen LogP contribution in [-0.4, -0.2) is 15.9 Å². The van der Waals surface area contributed by atoms with Gasteiger partial charge in [0.15, 0.2) is 0 Å². The summed E-state index contributed by atoms with van der Waals surface area (Å²) in [5.74, 6) is 0.705. The molecule has 0 bridgehead atoms. The Morgan fingerprint density at radius 1 is 1.27 bits per heavy atom. The van der Waals surface area contributed by atoms with Crippen LogP contribution in [0.15, 0.2) is 0 Å². The Hall–Kier alpha value is 0.150. The Morgan fingerprint density at radius 2 is 1.87 bits per heavy atom. The van der Waals surface area contributed by atoms with E-state index in [-0.39, 0.29) is 12.1 Å². The van der Waals surface area contributed by atoms with Crippen molar-refractivity contribution in [1.29, 1.82) is 0 Å². The molecule has 0 aromatic rings. The first-order valence-corrected chi connectivity index (χ1v) is 7.66. The number of hydrogen-bond donors (Lipinski definition) is 2. The first-order valence-electron chi connectivity index (χ1n) is 5.87. The Bertz CT molecular complexity index is 218. The SMILES string of the molecule is [CH2]CCC(CP(=O)(O)O)C1CCCCC1. The second kappa shape index (κ2) is 6.03. The molecule has 1 radical (unpaired) electrons. The van der Waals surface area contributed by atoms with Crippen molar-refractivity contribution >= 4 is 7.60 Å². The lowest BCUT2D eigenvalue weighted by Crippen LogP contribution is -2.21. The van der Waals surface area contributed by atoms with E-state index in [1.54, 1.807) is 0 Å². The van der Waals surface area contributed by atoms with Gasteiger partial charge in [-0.2, -0.15) is 0 Å². The van der Waals surface area contributed by atoms with Crippen LogP contribution in [0, 0.1) is 18.8 Å². The van der Waals surface area contributed by atoms with Crippen molar-refractivity contribution in [2.24, 2.45) is 11.8 Å². The molecule has 1 unspecified atom stereocenters. The Morgan fingerprint density at radius 3 is 2.33 bits per heavy atom. The molecule has 0 aliphatic heterocycles. The lowest BCUT2D eigenvalue weighted by atomic mass is 9.79. The van der Waals surface area contributed by atoms with Gasteiger partial charge in [0, 0.05) is 0 Å². The molecule has 1 aliphatic rings. The molecule has 0 spiro atoms. The quantitative estimate of drug-likeness (QED) is 0.718. The van der Waals surface area contributed by atoms with Crippen molar-refractivity contribution in [3.8, 4) is 0 Å². The van der Waals surface area contributed by atoms with Gasteiger partial charge in [-0.15, -0.1) is 0 Å². The van der Waals surface area contributed by atoms with Crippen LogP contribution >= 0.6 is 7.60 Å². The Labute approximate surface area is 92.4 Å². The van der Waals surface area contributed by atoms with Crippen molar-refractivity contribution in [2.75, 3.05) is 6.16 Å². The molecule has 0 amide bonds. The van der Waals surface area contributed by atoms with Crippen LogP contribution in [0.5, 0.6) is 0 Å². The highest BCUT2D eigenvalue weighted by Crippen LogP contribution is 2.43. The average molecular weight is 233 g/mol. The van der Waals surface area contributed by atoms with Crippen LogP contribution < -0.4 is 0 Å². The van der Waals surface area contributed by atoms with E-state index in [1.807, 2.05) is 0 Å². The molecule has 89 valence electrons. The third-order valence-electron chi connectivity index (χ3n) is 3.36. The summed E-state index contributed by atoms with van der Waals surface area (Å²) in [6, 6.07) is 0. The molecule has 2 N–H and O–H groups in total. The van der Waals surface area contributed by atoms with Gasteiger partial charge in [0.05, 0.1) is 6.16 Å².